The molecule has 3 unspecified atom stereocenters. The Hall–Kier alpha value is -2.81. The van der Waals surface area contributed by atoms with E-state index in [4.69, 9.17) is 33.0 Å². The lowest BCUT2D eigenvalue weighted by Crippen LogP contribution is -2.38. The van der Waals surface area contributed by atoms with E-state index in [-0.39, 0.29) is 34.9 Å². The summed E-state index contributed by atoms with van der Waals surface area (Å²) in [4.78, 5) is 40.3. The first-order valence-electron chi connectivity index (χ1n) is 12.0. The van der Waals surface area contributed by atoms with Gasteiger partial charge in [0.2, 0.25) is 12.2 Å². The van der Waals surface area contributed by atoms with Crippen molar-refractivity contribution < 1.29 is 40.4 Å². The number of ether oxygens (including phenoxy) is 2. The number of methoxy groups -OCH3 is 1. The number of nitrogens with zero attached hydrogens (tertiary/aromatic N) is 7. The number of anilines is 1. The molecule has 1 saturated heterocycles. The maximum absolute atomic E-state index is 15.6. The van der Waals surface area contributed by atoms with E-state index >= 15 is 13.2 Å². The highest BCUT2D eigenvalue weighted by Gasteiger charge is 2.60. The second-order valence-electron chi connectivity index (χ2n) is 8.91. The molecule has 0 amide bonds. The van der Waals surface area contributed by atoms with E-state index in [0.717, 1.165) is 24.3 Å². The Labute approximate surface area is 247 Å². The Balaban J connectivity index is 1.26. The molecule has 0 spiro atoms. The van der Waals surface area contributed by atoms with E-state index in [1.54, 1.807) is 0 Å². The number of rotatable bonds is 13. The zero-order chi connectivity index (χ0) is 30.9. The van der Waals surface area contributed by atoms with E-state index in [1.807, 2.05) is 9.47 Å². The van der Waals surface area contributed by atoms with Gasteiger partial charge >= 0.3 is 5.92 Å². The quantitative estimate of drug-likeness (QED) is 0.0497. The average molecular weight is 670 g/mol. The van der Waals surface area contributed by atoms with Crippen LogP contribution in [0, 0.1) is 5.92 Å². The third-order valence-electron chi connectivity index (χ3n) is 6.41. The van der Waals surface area contributed by atoms with Crippen LogP contribution < -0.4 is 16.9 Å². The van der Waals surface area contributed by atoms with Crippen molar-refractivity contribution in [2.45, 2.75) is 36.9 Å². The monoisotopic (exact) mass is 670 g/mol. The van der Waals surface area contributed by atoms with E-state index in [9.17, 15) is 9.59 Å². The first-order valence-corrected chi connectivity index (χ1v) is 13.6. The fourth-order valence-electron chi connectivity index (χ4n) is 4.38. The number of hydrogen-bond acceptors (Lipinski definition) is 15. The number of fused-ring (bicyclic) bond motifs is 2. The summed E-state index contributed by atoms with van der Waals surface area (Å²) in [5, 5.41) is 7.26. The van der Waals surface area contributed by atoms with Crippen LogP contribution in [0.2, 0.25) is 0 Å². The molecule has 1 fully saturated rings. The number of halogens is 3. The Morgan fingerprint density at radius 3 is 2.77 bits per heavy atom. The molecule has 0 aromatic carbocycles. The van der Waals surface area contributed by atoms with Crippen LogP contribution in [0.15, 0.2) is 22.2 Å². The molecule has 0 radical (unpaired) electrons. The fourth-order valence-corrected chi connectivity index (χ4v) is 5.42. The molecule has 5 heterocycles. The zero-order valence-corrected chi connectivity index (χ0v) is 24.7. The fraction of sp³-hybridized carbons (Fsp3) is 0.526. The van der Waals surface area contributed by atoms with Crippen molar-refractivity contribution in [3.8, 4) is 0 Å². The molecule has 5 rings (SSSR count). The van der Waals surface area contributed by atoms with Gasteiger partial charge in [-0.05, 0) is 12.9 Å². The summed E-state index contributed by atoms with van der Waals surface area (Å²) < 4.78 is 79.8. The predicted molar refractivity (Wildman–Crippen MR) is 147 cm³/mol. The molecule has 0 saturated carbocycles. The number of thiol groups is 1. The van der Waals surface area contributed by atoms with Gasteiger partial charge in [0.05, 0.1) is 37.9 Å². The number of aromatic amines is 2. The topological polar surface area (TPSA) is 221 Å². The summed E-state index contributed by atoms with van der Waals surface area (Å²) in [5.74, 6) is -5.46. The molecule has 18 nitrogen and oxygen atoms in total. The number of nitrogens with two attached hydrogens (primary N) is 1. The number of H-pyrrole nitrogens is 2. The SMILES string of the molecule is COC(OPOC[C@@H]1[C@@H](COP)O[C@@H](n2nnc3c(=O)[nH]cnc32)C1(F)F)[C@@H](F)[C@@H](OS)n1cnc2c(=O)[nH]c(N)nc21. The molecule has 4 aromatic heterocycles. The zero-order valence-electron chi connectivity index (χ0n) is 21.7. The summed E-state index contributed by atoms with van der Waals surface area (Å²) in [6.07, 6.45) is -6.44. The van der Waals surface area contributed by atoms with E-state index < -0.39 is 69.6 Å². The second-order valence-corrected chi connectivity index (χ2v) is 10.1. The van der Waals surface area contributed by atoms with Gasteiger partial charge in [0.15, 0.2) is 50.1 Å². The molecule has 0 bridgehead atoms. The van der Waals surface area contributed by atoms with Crippen molar-refractivity contribution in [1.82, 2.24) is 44.5 Å². The Morgan fingerprint density at radius 2 is 2.05 bits per heavy atom. The molecule has 43 heavy (non-hydrogen) atoms. The van der Waals surface area contributed by atoms with E-state index in [1.165, 1.54) is 0 Å². The van der Waals surface area contributed by atoms with Crippen LogP contribution in [0.25, 0.3) is 22.3 Å². The molecule has 24 heteroatoms. The maximum Gasteiger partial charge on any atom is 0.301 e. The minimum Gasteiger partial charge on any atom is -0.369 e. The van der Waals surface area contributed by atoms with Crippen LogP contribution >= 0.6 is 31.4 Å². The Morgan fingerprint density at radius 1 is 1.26 bits per heavy atom. The standard InChI is InChI=1S/C19H23F3N10O8P2S/c1-35-16(8(20)15(40-43)31-5-26-9-12(31)27-18(23)28-14(9)34)39-42-37-2-6-7(3-36-41)38-17(19(6,21)22)32-11-10(29-30-32)13(33)25-4-24-11/h4-8,15-17,42-43H,2-3,41H2,1H3,(H,24,25,33)(H3,23,27,28,34)/t6-,7-,8+,15-,16?,17-/m1/s1. The number of imidazole rings is 1. The second kappa shape index (κ2) is 13.0. The number of aromatic nitrogens is 9. The number of hydrogen-bond donors (Lipinski definition) is 4. The molecule has 4 aromatic rings. The first kappa shape index (κ1) is 31.6. The highest BCUT2D eigenvalue weighted by atomic mass is 32.1. The summed E-state index contributed by atoms with van der Waals surface area (Å²) in [6, 6.07) is 0. The molecule has 1 aliphatic rings. The summed E-state index contributed by atoms with van der Waals surface area (Å²) >= 11 is 3.71. The average Bonchev–Trinajstić information content (AvgIpc) is 3.65. The van der Waals surface area contributed by atoms with Crippen molar-refractivity contribution in [3.05, 3.63) is 33.4 Å². The lowest BCUT2D eigenvalue weighted by molar-refractivity contribution is -0.139. The highest BCUT2D eigenvalue weighted by Crippen LogP contribution is 2.48. The van der Waals surface area contributed by atoms with Gasteiger partial charge < -0.3 is 33.8 Å². The van der Waals surface area contributed by atoms with Gasteiger partial charge in [-0.1, -0.05) is 5.21 Å². The van der Waals surface area contributed by atoms with Gasteiger partial charge in [0.1, 0.15) is 0 Å². The van der Waals surface area contributed by atoms with E-state index in [0.29, 0.717) is 4.68 Å². The van der Waals surface area contributed by atoms with Gasteiger partial charge in [-0.25, -0.2) is 23.1 Å². The Bertz CT molecular complexity index is 1690. The summed E-state index contributed by atoms with van der Waals surface area (Å²) in [6.45, 7) is -0.900. The largest absolute Gasteiger partial charge is 0.369 e. The van der Waals surface area contributed by atoms with Crippen molar-refractivity contribution in [1.29, 1.82) is 0 Å². The van der Waals surface area contributed by atoms with Gasteiger partial charge in [0, 0.05) is 16.6 Å². The molecule has 234 valence electrons. The van der Waals surface area contributed by atoms with Crippen molar-refractivity contribution >= 4 is 59.7 Å². The van der Waals surface area contributed by atoms with Crippen LogP contribution in [-0.4, -0.2) is 89.3 Å². The minimum absolute atomic E-state index is 0.100. The lowest BCUT2D eigenvalue weighted by Gasteiger charge is -2.27. The maximum atomic E-state index is 15.6. The van der Waals surface area contributed by atoms with Gasteiger partial charge in [-0.3, -0.25) is 23.3 Å². The number of nitrogen functional groups attached to an aromatic ring is 1. The van der Waals surface area contributed by atoms with Gasteiger partial charge in [-0.15, -0.1) is 5.10 Å². The molecule has 8 atom stereocenters. The number of alkyl halides is 3. The van der Waals surface area contributed by atoms with Crippen molar-refractivity contribution in [2.24, 2.45) is 5.92 Å². The molecular weight excluding hydrogens is 647 g/mol. The van der Waals surface area contributed by atoms with Crippen LogP contribution in [0.4, 0.5) is 19.1 Å². The molecule has 1 aliphatic heterocycles. The van der Waals surface area contributed by atoms with Crippen molar-refractivity contribution in [3.63, 3.8) is 0 Å². The van der Waals surface area contributed by atoms with E-state index in [2.05, 4.69) is 48.1 Å². The highest BCUT2D eigenvalue weighted by molar-refractivity contribution is 7.75. The summed E-state index contributed by atoms with van der Waals surface area (Å²) in [7, 11) is 2.07. The first-order chi connectivity index (χ1) is 20.6. The van der Waals surface area contributed by atoms with Gasteiger partial charge in [0.25, 0.3) is 11.1 Å². The number of nitrogens with one attached hydrogen (secondary N) is 2. The van der Waals surface area contributed by atoms with Gasteiger partial charge in [-0.2, -0.15) is 9.67 Å². The molecule has 4 N–H and O–H groups in total. The predicted octanol–water partition coefficient (Wildman–Crippen LogP) is 0.398. The van der Waals surface area contributed by atoms with Crippen LogP contribution in [0.3, 0.4) is 0 Å². The Kier molecular flexibility index (Phi) is 9.59. The smallest absolute Gasteiger partial charge is 0.301 e. The minimum atomic E-state index is -3.62. The lowest BCUT2D eigenvalue weighted by atomic mass is 9.98. The van der Waals surface area contributed by atoms with Crippen LogP contribution in [0.5, 0.6) is 0 Å². The third kappa shape index (κ3) is 5.98. The normalized spacial score (nSPS) is 22.6. The van der Waals surface area contributed by atoms with Crippen molar-refractivity contribution in [2.75, 3.05) is 26.1 Å². The third-order valence-corrected chi connectivity index (χ3v) is 7.43. The molecular formula is C19H23F3N10O8P2S. The van der Waals surface area contributed by atoms with Crippen LogP contribution in [-0.2, 0) is 27.2 Å². The van der Waals surface area contributed by atoms with Crippen LogP contribution in [0.1, 0.15) is 12.5 Å². The summed E-state index contributed by atoms with van der Waals surface area (Å²) in [5.41, 5.74) is 3.55. The molecule has 0 aliphatic carbocycles.